The van der Waals surface area contributed by atoms with Crippen molar-refractivity contribution in [2.45, 2.75) is 26.3 Å². The van der Waals surface area contributed by atoms with Crippen LogP contribution in [0.1, 0.15) is 17.5 Å². The molecule has 3 aromatic rings. The van der Waals surface area contributed by atoms with Crippen molar-refractivity contribution in [2.24, 2.45) is 4.99 Å². The van der Waals surface area contributed by atoms with E-state index in [-0.39, 0.29) is 0 Å². The van der Waals surface area contributed by atoms with Crippen LogP contribution in [0, 0.1) is 6.92 Å². The van der Waals surface area contributed by atoms with Gasteiger partial charge in [-0.2, -0.15) is 0 Å². The number of rotatable bonds is 1. The van der Waals surface area contributed by atoms with Gasteiger partial charge in [0, 0.05) is 18.1 Å². The van der Waals surface area contributed by atoms with Crippen molar-refractivity contribution in [2.75, 3.05) is 0 Å². The van der Waals surface area contributed by atoms with Crippen molar-refractivity contribution in [3.05, 3.63) is 71.2 Å². The molecule has 2 aromatic carbocycles. The number of hydrogen-bond acceptors (Lipinski definition) is 1. The molecule has 0 atom stereocenters. The third-order valence-corrected chi connectivity index (χ3v) is 4.23. The Balaban J connectivity index is 2.09. The third-order valence-electron chi connectivity index (χ3n) is 4.23. The minimum absolute atomic E-state index is 1.02. The molecular weight excluding hydrogens is 256 g/mol. The summed E-state index contributed by atoms with van der Waals surface area (Å²) < 4.78 is 2.40. The van der Waals surface area contributed by atoms with Crippen molar-refractivity contribution in [3.63, 3.8) is 0 Å². The smallest absolute Gasteiger partial charge is 0.0774 e. The number of aryl methyl sites for hydroxylation is 3. The molecule has 0 bridgehead atoms. The second-order valence-corrected chi connectivity index (χ2v) is 5.72. The first-order valence-corrected chi connectivity index (χ1v) is 7.54. The molecule has 1 aromatic heterocycles. The van der Waals surface area contributed by atoms with Crippen LogP contribution >= 0.6 is 0 Å². The molecule has 2 nitrogen and oxygen atoms in total. The molecule has 4 rings (SSSR count). The van der Waals surface area contributed by atoms with Crippen LogP contribution < -0.4 is 5.36 Å². The van der Waals surface area contributed by atoms with Crippen molar-refractivity contribution >= 4 is 16.6 Å². The van der Waals surface area contributed by atoms with Gasteiger partial charge < -0.3 is 4.57 Å². The van der Waals surface area contributed by atoms with E-state index in [9.17, 15) is 0 Å². The van der Waals surface area contributed by atoms with Crippen LogP contribution in [0.5, 0.6) is 0 Å². The average Bonchev–Trinajstić information content (AvgIpc) is 2.52. The fourth-order valence-electron chi connectivity index (χ4n) is 3.29. The topological polar surface area (TPSA) is 17.3 Å². The SMILES string of the molecule is Cc1cn2c3c(cccc3c1=Nc1ccccc1)CCC2. The van der Waals surface area contributed by atoms with Crippen LogP contribution in [0.25, 0.3) is 10.9 Å². The number of para-hydroxylation sites is 2. The second kappa shape index (κ2) is 4.88. The first-order chi connectivity index (χ1) is 10.3. The van der Waals surface area contributed by atoms with Crippen molar-refractivity contribution < 1.29 is 0 Å². The summed E-state index contributed by atoms with van der Waals surface area (Å²) in [4.78, 5) is 4.90. The summed E-state index contributed by atoms with van der Waals surface area (Å²) in [6, 6.07) is 16.8. The van der Waals surface area contributed by atoms with Gasteiger partial charge in [-0.25, -0.2) is 4.99 Å². The zero-order valence-electron chi connectivity index (χ0n) is 12.2. The van der Waals surface area contributed by atoms with E-state index in [1.165, 1.54) is 34.9 Å². The minimum Gasteiger partial charge on any atom is -0.347 e. The summed E-state index contributed by atoms with van der Waals surface area (Å²) in [6.07, 6.45) is 4.66. The van der Waals surface area contributed by atoms with Crippen LogP contribution in [-0.2, 0) is 13.0 Å². The van der Waals surface area contributed by atoms with Gasteiger partial charge in [-0.15, -0.1) is 0 Å². The van der Waals surface area contributed by atoms with Crippen LogP contribution in [0.3, 0.4) is 0 Å². The molecule has 0 radical (unpaired) electrons. The molecule has 2 heteroatoms. The Morgan fingerprint density at radius 3 is 2.71 bits per heavy atom. The van der Waals surface area contributed by atoms with E-state index in [2.05, 4.69) is 48.0 Å². The maximum Gasteiger partial charge on any atom is 0.0774 e. The van der Waals surface area contributed by atoms with Crippen LogP contribution in [0.2, 0.25) is 0 Å². The Kier molecular flexibility index (Phi) is 2.88. The van der Waals surface area contributed by atoms with E-state index >= 15 is 0 Å². The van der Waals surface area contributed by atoms with Crippen molar-refractivity contribution in [1.29, 1.82) is 0 Å². The van der Waals surface area contributed by atoms with Crippen molar-refractivity contribution in [1.82, 2.24) is 4.57 Å². The average molecular weight is 274 g/mol. The molecule has 0 N–H and O–H groups in total. The Bertz CT molecular complexity index is 873. The van der Waals surface area contributed by atoms with Crippen LogP contribution in [-0.4, -0.2) is 4.57 Å². The number of hydrogen-bond donors (Lipinski definition) is 0. The van der Waals surface area contributed by atoms with Gasteiger partial charge in [0.05, 0.1) is 16.6 Å². The Morgan fingerprint density at radius 1 is 1.00 bits per heavy atom. The van der Waals surface area contributed by atoms with E-state index in [4.69, 9.17) is 4.99 Å². The molecule has 0 saturated heterocycles. The zero-order valence-corrected chi connectivity index (χ0v) is 12.2. The summed E-state index contributed by atoms with van der Waals surface area (Å²) in [5.41, 5.74) is 5.07. The zero-order chi connectivity index (χ0) is 14.2. The minimum atomic E-state index is 1.02. The first-order valence-electron chi connectivity index (χ1n) is 7.54. The largest absolute Gasteiger partial charge is 0.347 e. The molecule has 1 aliphatic heterocycles. The summed E-state index contributed by atoms with van der Waals surface area (Å²) in [6.45, 7) is 3.27. The van der Waals surface area contributed by atoms with Crippen LogP contribution in [0.15, 0.2) is 59.7 Å². The fourth-order valence-corrected chi connectivity index (χ4v) is 3.29. The standard InChI is InChI=1S/C19H18N2/c1-14-13-21-12-6-8-15-7-5-11-17(19(15)21)18(14)20-16-9-3-2-4-10-16/h2-5,7,9-11,13H,6,8,12H2,1H3. The molecular formula is C19H18N2. The molecule has 104 valence electrons. The summed E-state index contributed by atoms with van der Waals surface area (Å²) in [5, 5.41) is 2.38. The number of benzene rings is 2. The summed E-state index contributed by atoms with van der Waals surface area (Å²) in [7, 11) is 0. The van der Waals surface area contributed by atoms with E-state index in [0.29, 0.717) is 0 Å². The maximum atomic E-state index is 4.90. The normalized spacial score (nSPS) is 14.6. The van der Waals surface area contributed by atoms with Gasteiger partial charge in [-0.05, 0) is 43.0 Å². The summed E-state index contributed by atoms with van der Waals surface area (Å²) >= 11 is 0. The maximum absolute atomic E-state index is 4.90. The highest BCUT2D eigenvalue weighted by Gasteiger charge is 2.13. The highest BCUT2D eigenvalue weighted by atomic mass is 15.0. The molecule has 1 aliphatic rings. The Labute approximate surface area is 124 Å². The Hall–Kier alpha value is -2.35. The predicted octanol–water partition coefficient (Wildman–Crippen LogP) is 4.13. The van der Waals surface area contributed by atoms with E-state index in [1.807, 2.05) is 18.2 Å². The second-order valence-electron chi connectivity index (χ2n) is 5.72. The number of pyridine rings is 1. The predicted molar refractivity (Wildman–Crippen MR) is 86.7 cm³/mol. The third kappa shape index (κ3) is 2.07. The van der Waals surface area contributed by atoms with Gasteiger partial charge in [-0.3, -0.25) is 0 Å². The molecule has 2 heterocycles. The summed E-state index contributed by atoms with van der Waals surface area (Å²) in [5.74, 6) is 0. The lowest BCUT2D eigenvalue weighted by molar-refractivity contribution is 0.628. The molecule has 0 unspecified atom stereocenters. The number of nitrogens with zero attached hydrogens (tertiary/aromatic N) is 2. The van der Waals surface area contributed by atoms with Gasteiger partial charge in [-0.1, -0.05) is 36.4 Å². The monoisotopic (exact) mass is 274 g/mol. The van der Waals surface area contributed by atoms with E-state index in [1.54, 1.807) is 0 Å². The van der Waals surface area contributed by atoms with Gasteiger partial charge >= 0.3 is 0 Å². The number of aromatic nitrogens is 1. The Morgan fingerprint density at radius 2 is 1.86 bits per heavy atom. The lowest BCUT2D eigenvalue weighted by Crippen LogP contribution is -2.18. The van der Waals surface area contributed by atoms with E-state index in [0.717, 1.165) is 17.6 Å². The molecule has 0 amide bonds. The molecule has 0 aliphatic carbocycles. The highest BCUT2D eigenvalue weighted by molar-refractivity contribution is 5.83. The van der Waals surface area contributed by atoms with Crippen LogP contribution in [0.4, 0.5) is 5.69 Å². The van der Waals surface area contributed by atoms with Gasteiger partial charge in [0.2, 0.25) is 0 Å². The quantitative estimate of drug-likeness (QED) is 0.635. The van der Waals surface area contributed by atoms with Gasteiger partial charge in [0.15, 0.2) is 0 Å². The highest BCUT2D eigenvalue weighted by Crippen LogP contribution is 2.23. The molecule has 0 fully saturated rings. The molecule has 0 spiro atoms. The molecule has 0 saturated carbocycles. The first kappa shape index (κ1) is 12.4. The molecule has 21 heavy (non-hydrogen) atoms. The van der Waals surface area contributed by atoms with E-state index < -0.39 is 0 Å². The van der Waals surface area contributed by atoms with Gasteiger partial charge in [0.25, 0.3) is 0 Å². The van der Waals surface area contributed by atoms with Crippen molar-refractivity contribution in [3.8, 4) is 0 Å². The lowest BCUT2D eigenvalue weighted by atomic mass is 10.00. The lowest BCUT2D eigenvalue weighted by Gasteiger charge is -2.21. The fraction of sp³-hybridized carbons (Fsp3) is 0.211. The van der Waals surface area contributed by atoms with Gasteiger partial charge in [0.1, 0.15) is 0 Å².